The highest BCUT2D eigenvalue weighted by molar-refractivity contribution is 7.10. The van der Waals surface area contributed by atoms with Crippen molar-refractivity contribution >= 4 is 28.8 Å². The third kappa shape index (κ3) is 2.46. The number of hydrogen-bond acceptors (Lipinski definition) is 3. The van der Waals surface area contributed by atoms with Gasteiger partial charge in [0.25, 0.3) is 5.91 Å². The van der Waals surface area contributed by atoms with Crippen molar-refractivity contribution < 1.29 is 9.53 Å². The van der Waals surface area contributed by atoms with E-state index >= 15 is 0 Å². The highest BCUT2D eigenvalue weighted by Crippen LogP contribution is 2.34. The molecule has 0 radical (unpaired) electrons. The number of carbonyl (C=O) groups is 1. The van der Waals surface area contributed by atoms with Crippen molar-refractivity contribution in [3.63, 3.8) is 0 Å². The second-order valence-electron chi connectivity index (χ2n) is 4.24. The first kappa shape index (κ1) is 12.5. The summed E-state index contributed by atoms with van der Waals surface area (Å²) >= 11 is 8.05. The van der Waals surface area contributed by atoms with Gasteiger partial charge in [0.05, 0.1) is 17.5 Å². The number of benzene rings is 1. The number of fused-ring (bicyclic) bond motifs is 1. The van der Waals surface area contributed by atoms with Gasteiger partial charge in [0.15, 0.2) is 0 Å². The smallest absolute Gasteiger partial charge is 0.255 e. The molecule has 1 atom stereocenters. The Balaban J connectivity index is 1.98. The molecule has 3 rings (SSSR count). The van der Waals surface area contributed by atoms with Crippen molar-refractivity contribution in [2.75, 3.05) is 13.2 Å². The summed E-state index contributed by atoms with van der Waals surface area (Å²) in [6.45, 7) is 1.02. The number of rotatable bonds is 2. The van der Waals surface area contributed by atoms with Gasteiger partial charge in [-0.15, -0.1) is 22.9 Å². The van der Waals surface area contributed by atoms with Crippen molar-refractivity contribution in [3.8, 4) is 5.75 Å². The molecule has 1 N–H and O–H groups in total. The molecule has 0 aliphatic carbocycles. The minimum absolute atomic E-state index is 0.107. The molecule has 1 aromatic heterocycles. The van der Waals surface area contributed by atoms with Crippen LogP contribution in [-0.4, -0.2) is 19.1 Å². The zero-order valence-corrected chi connectivity index (χ0v) is 11.6. The molecule has 0 saturated heterocycles. The standard InChI is InChI=1S/C14H12ClNO2S/c15-13(12-2-1-7-19-12)9-3-4-11-10(8-9)14(17)16-5-6-18-11/h1-4,7-8,13H,5-6H2,(H,16,17). The van der Waals surface area contributed by atoms with Crippen molar-refractivity contribution in [1.29, 1.82) is 0 Å². The lowest BCUT2D eigenvalue weighted by atomic mass is 10.1. The van der Waals surface area contributed by atoms with E-state index < -0.39 is 0 Å². The molecule has 5 heteroatoms. The minimum atomic E-state index is -0.235. The average molecular weight is 294 g/mol. The summed E-state index contributed by atoms with van der Waals surface area (Å²) < 4.78 is 5.52. The lowest BCUT2D eigenvalue weighted by Crippen LogP contribution is -2.24. The van der Waals surface area contributed by atoms with E-state index in [0.717, 1.165) is 10.4 Å². The van der Waals surface area contributed by atoms with Gasteiger partial charge in [-0.1, -0.05) is 12.1 Å². The zero-order valence-electron chi connectivity index (χ0n) is 10.1. The highest BCUT2D eigenvalue weighted by Gasteiger charge is 2.19. The van der Waals surface area contributed by atoms with Gasteiger partial charge in [0, 0.05) is 4.88 Å². The molecular weight excluding hydrogens is 282 g/mol. The monoisotopic (exact) mass is 293 g/mol. The third-order valence-electron chi connectivity index (χ3n) is 2.98. The quantitative estimate of drug-likeness (QED) is 0.864. The summed E-state index contributed by atoms with van der Waals surface area (Å²) in [6, 6.07) is 9.50. The fraction of sp³-hybridized carbons (Fsp3) is 0.214. The molecule has 1 aromatic carbocycles. The Morgan fingerprint density at radius 3 is 3.05 bits per heavy atom. The number of amides is 1. The Kier molecular flexibility index (Phi) is 3.44. The molecular formula is C14H12ClNO2S. The molecule has 98 valence electrons. The number of hydrogen-bond donors (Lipinski definition) is 1. The molecule has 1 aliphatic rings. The lowest BCUT2D eigenvalue weighted by Gasteiger charge is -2.11. The van der Waals surface area contributed by atoms with E-state index in [1.54, 1.807) is 11.3 Å². The van der Waals surface area contributed by atoms with Crippen LogP contribution in [0.25, 0.3) is 0 Å². The first-order valence-corrected chi connectivity index (χ1v) is 7.30. The Morgan fingerprint density at radius 2 is 2.26 bits per heavy atom. The van der Waals surface area contributed by atoms with Gasteiger partial charge in [-0.3, -0.25) is 4.79 Å². The van der Waals surface area contributed by atoms with Gasteiger partial charge in [-0.2, -0.15) is 0 Å². The van der Waals surface area contributed by atoms with Crippen LogP contribution >= 0.6 is 22.9 Å². The summed E-state index contributed by atoms with van der Waals surface area (Å²) in [5.41, 5.74) is 1.46. The Bertz CT molecular complexity index is 597. The molecule has 0 saturated carbocycles. The van der Waals surface area contributed by atoms with Gasteiger partial charge in [-0.25, -0.2) is 0 Å². The number of nitrogens with one attached hydrogen (secondary N) is 1. The Labute approximate surface area is 120 Å². The SMILES string of the molecule is O=C1NCCOc2ccc(C(Cl)c3cccs3)cc21. The third-order valence-corrected chi connectivity index (χ3v) is 4.53. The van der Waals surface area contributed by atoms with Crippen molar-refractivity contribution in [3.05, 3.63) is 51.7 Å². The summed E-state index contributed by atoms with van der Waals surface area (Å²) in [4.78, 5) is 13.0. The lowest BCUT2D eigenvalue weighted by molar-refractivity contribution is 0.0957. The molecule has 0 spiro atoms. The molecule has 19 heavy (non-hydrogen) atoms. The number of halogens is 1. The fourth-order valence-corrected chi connectivity index (χ4v) is 3.12. The molecule has 2 aromatic rings. The van der Waals surface area contributed by atoms with E-state index in [0.29, 0.717) is 24.5 Å². The van der Waals surface area contributed by atoms with Gasteiger partial charge in [0.1, 0.15) is 12.4 Å². The minimum Gasteiger partial charge on any atom is -0.491 e. The van der Waals surface area contributed by atoms with Crippen LogP contribution in [0, 0.1) is 0 Å². The topological polar surface area (TPSA) is 38.3 Å². The molecule has 3 nitrogen and oxygen atoms in total. The van der Waals surface area contributed by atoms with Crippen LogP contribution in [0.5, 0.6) is 5.75 Å². The second-order valence-corrected chi connectivity index (χ2v) is 5.65. The highest BCUT2D eigenvalue weighted by atomic mass is 35.5. The summed E-state index contributed by atoms with van der Waals surface area (Å²) in [5.74, 6) is 0.512. The van der Waals surface area contributed by atoms with Crippen LogP contribution in [0.15, 0.2) is 35.7 Å². The number of alkyl halides is 1. The summed E-state index contributed by atoms with van der Waals surface area (Å²) in [5, 5.41) is 4.55. The number of carbonyl (C=O) groups excluding carboxylic acids is 1. The normalized spacial score (nSPS) is 15.9. The largest absolute Gasteiger partial charge is 0.491 e. The van der Waals surface area contributed by atoms with Crippen LogP contribution in [0.3, 0.4) is 0 Å². The summed E-state index contributed by atoms with van der Waals surface area (Å²) in [7, 11) is 0. The van der Waals surface area contributed by atoms with Gasteiger partial charge in [0.2, 0.25) is 0 Å². The van der Waals surface area contributed by atoms with Gasteiger partial charge in [-0.05, 0) is 29.1 Å². The van der Waals surface area contributed by atoms with E-state index in [-0.39, 0.29) is 11.3 Å². The van der Waals surface area contributed by atoms with E-state index in [1.165, 1.54) is 0 Å². The van der Waals surface area contributed by atoms with Crippen LogP contribution in [-0.2, 0) is 0 Å². The molecule has 1 aliphatic heterocycles. The first-order valence-electron chi connectivity index (χ1n) is 5.98. The molecule has 0 fully saturated rings. The maximum Gasteiger partial charge on any atom is 0.255 e. The maximum atomic E-state index is 11.9. The predicted octanol–water partition coefficient (Wildman–Crippen LogP) is 3.20. The van der Waals surface area contributed by atoms with E-state index in [4.69, 9.17) is 16.3 Å². The van der Waals surface area contributed by atoms with Crippen LogP contribution in [0.1, 0.15) is 26.2 Å². The first-order chi connectivity index (χ1) is 9.25. The average Bonchev–Trinajstić information content (AvgIpc) is 2.90. The Hall–Kier alpha value is -1.52. The number of thiophene rings is 1. The van der Waals surface area contributed by atoms with Crippen molar-refractivity contribution in [2.24, 2.45) is 0 Å². The predicted molar refractivity (Wildman–Crippen MR) is 76.3 cm³/mol. The Morgan fingerprint density at radius 1 is 1.37 bits per heavy atom. The van der Waals surface area contributed by atoms with Crippen LogP contribution in [0.4, 0.5) is 0 Å². The molecule has 2 heterocycles. The molecule has 0 bridgehead atoms. The van der Waals surface area contributed by atoms with Gasteiger partial charge >= 0.3 is 0 Å². The second kappa shape index (κ2) is 5.23. The van der Waals surface area contributed by atoms with E-state index in [1.807, 2.05) is 35.7 Å². The van der Waals surface area contributed by atoms with Crippen LogP contribution < -0.4 is 10.1 Å². The van der Waals surface area contributed by atoms with E-state index in [2.05, 4.69) is 5.32 Å². The molecule has 1 unspecified atom stereocenters. The van der Waals surface area contributed by atoms with E-state index in [9.17, 15) is 4.79 Å². The zero-order chi connectivity index (χ0) is 13.2. The summed E-state index contributed by atoms with van der Waals surface area (Å²) in [6.07, 6.45) is 0. The maximum absolute atomic E-state index is 11.9. The van der Waals surface area contributed by atoms with Gasteiger partial charge < -0.3 is 10.1 Å². The molecule has 1 amide bonds. The van der Waals surface area contributed by atoms with Crippen LogP contribution in [0.2, 0.25) is 0 Å². The number of ether oxygens (including phenoxy) is 1. The fourth-order valence-electron chi connectivity index (χ4n) is 2.03. The van der Waals surface area contributed by atoms with Crippen molar-refractivity contribution in [1.82, 2.24) is 5.32 Å². The van der Waals surface area contributed by atoms with Crippen molar-refractivity contribution in [2.45, 2.75) is 5.38 Å².